The molecule has 0 saturated heterocycles. The summed E-state index contributed by atoms with van der Waals surface area (Å²) in [6.07, 6.45) is 0. The van der Waals surface area contributed by atoms with Crippen LogP contribution in [0.2, 0.25) is 5.28 Å². The van der Waals surface area contributed by atoms with Gasteiger partial charge < -0.3 is 10.2 Å². The van der Waals surface area contributed by atoms with E-state index in [-0.39, 0.29) is 5.28 Å². The topological polar surface area (TPSA) is 41.0 Å². The predicted molar refractivity (Wildman–Crippen MR) is 105 cm³/mol. The molecule has 0 fully saturated rings. The second-order valence-electron chi connectivity index (χ2n) is 5.65. The second kappa shape index (κ2) is 6.95. The third kappa shape index (κ3) is 3.19. The van der Waals surface area contributed by atoms with Gasteiger partial charge in [0.25, 0.3) is 0 Å². The highest BCUT2D eigenvalue weighted by atomic mass is 35.5. The van der Waals surface area contributed by atoms with E-state index in [1.165, 1.54) is 16.1 Å². The van der Waals surface area contributed by atoms with Crippen molar-refractivity contribution in [3.63, 3.8) is 0 Å². The molecule has 0 spiro atoms. The molecule has 0 radical (unpaired) electrons. The van der Waals surface area contributed by atoms with E-state index < -0.39 is 0 Å². The number of benzene rings is 1. The highest BCUT2D eigenvalue weighted by Crippen LogP contribution is 2.35. The largest absolute Gasteiger partial charge is 0.372 e. The Morgan fingerprint density at radius 3 is 2.38 bits per heavy atom. The fourth-order valence-electron chi connectivity index (χ4n) is 2.80. The maximum absolute atomic E-state index is 6.09. The molecular formula is C18H21ClN4S. The van der Waals surface area contributed by atoms with Crippen LogP contribution >= 0.6 is 22.9 Å². The molecule has 0 aliphatic carbocycles. The summed E-state index contributed by atoms with van der Waals surface area (Å²) in [5, 5.41) is 4.72. The van der Waals surface area contributed by atoms with Gasteiger partial charge in [0.2, 0.25) is 5.28 Å². The van der Waals surface area contributed by atoms with E-state index in [0.29, 0.717) is 0 Å². The highest BCUT2D eigenvalue weighted by Gasteiger charge is 2.14. The molecule has 0 atom stereocenters. The molecule has 4 nitrogen and oxygen atoms in total. The molecule has 3 rings (SSSR count). The van der Waals surface area contributed by atoms with Crippen LogP contribution in [0.3, 0.4) is 0 Å². The van der Waals surface area contributed by atoms with Crippen LogP contribution in [0, 0.1) is 13.8 Å². The van der Waals surface area contributed by atoms with Crippen LogP contribution in [0.25, 0.3) is 10.2 Å². The maximum Gasteiger partial charge on any atom is 0.225 e. The number of aromatic nitrogens is 2. The van der Waals surface area contributed by atoms with Crippen molar-refractivity contribution in [2.75, 3.05) is 23.3 Å². The number of hydrogen-bond donors (Lipinski definition) is 1. The average molecular weight is 361 g/mol. The monoisotopic (exact) mass is 360 g/mol. The summed E-state index contributed by atoms with van der Waals surface area (Å²) in [6.45, 7) is 10.5. The van der Waals surface area contributed by atoms with Gasteiger partial charge in [-0.05, 0) is 69.1 Å². The van der Waals surface area contributed by atoms with Crippen LogP contribution in [-0.2, 0) is 0 Å². The van der Waals surface area contributed by atoms with Gasteiger partial charge in [0.05, 0.1) is 5.39 Å². The van der Waals surface area contributed by atoms with Crippen molar-refractivity contribution in [2.24, 2.45) is 0 Å². The summed E-state index contributed by atoms with van der Waals surface area (Å²) in [5.41, 5.74) is 3.41. The predicted octanol–water partition coefficient (Wildman–Crippen LogP) is 5.55. The van der Waals surface area contributed by atoms with Crippen LogP contribution in [-0.4, -0.2) is 23.1 Å². The Labute approximate surface area is 151 Å². The average Bonchev–Trinajstić information content (AvgIpc) is 2.84. The quantitative estimate of drug-likeness (QED) is 0.605. The molecule has 6 heteroatoms. The minimum absolute atomic E-state index is 0.269. The summed E-state index contributed by atoms with van der Waals surface area (Å²) in [7, 11) is 0. The fourth-order valence-corrected chi connectivity index (χ4v) is 4.04. The molecule has 1 aromatic carbocycles. The van der Waals surface area contributed by atoms with E-state index in [0.717, 1.165) is 34.8 Å². The van der Waals surface area contributed by atoms with Gasteiger partial charge in [0.15, 0.2) is 0 Å². The zero-order valence-electron chi connectivity index (χ0n) is 14.4. The van der Waals surface area contributed by atoms with Crippen LogP contribution in [0.1, 0.15) is 24.3 Å². The molecule has 2 heterocycles. The minimum Gasteiger partial charge on any atom is -0.372 e. The summed E-state index contributed by atoms with van der Waals surface area (Å²) in [6, 6.07) is 8.40. The fraction of sp³-hybridized carbons (Fsp3) is 0.333. The highest BCUT2D eigenvalue weighted by molar-refractivity contribution is 7.18. The molecule has 0 bridgehead atoms. The number of halogens is 1. The lowest BCUT2D eigenvalue weighted by molar-refractivity contribution is 0.866. The van der Waals surface area contributed by atoms with Crippen LogP contribution in [0.4, 0.5) is 17.2 Å². The number of nitrogens with zero attached hydrogens (tertiary/aromatic N) is 3. The zero-order chi connectivity index (χ0) is 17.3. The molecular weight excluding hydrogens is 340 g/mol. The Morgan fingerprint density at radius 2 is 1.75 bits per heavy atom. The molecule has 24 heavy (non-hydrogen) atoms. The molecule has 2 aromatic heterocycles. The third-order valence-electron chi connectivity index (χ3n) is 4.26. The Balaban J connectivity index is 1.95. The Hall–Kier alpha value is -1.85. The van der Waals surface area contributed by atoms with Gasteiger partial charge in [-0.25, -0.2) is 4.98 Å². The Bertz CT molecular complexity index is 854. The molecule has 0 aliphatic rings. The number of rotatable bonds is 5. The number of aryl methyl sites for hydroxylation is 2. The SMILES string of the molecule is CCN(CC)c1ccc(Nc2nc(Cl)nc3sc(C)c(C)c23)cc1. The Morgan fingerprint density at radius 1 is 1.08 bits per heavy atom. The van der Waals surface area contributed by atoms with E-state index >= 15 is 0 Å². The van der Waals surface area contributed by atoms with Crippen LogP contribution in [0.15, 0.2) is 24.3 Å². The lowest BCUT2D eigenvalue weighted by Gasteiger charge is -2.21. The first-order valence-corrected chi connectivity index (χ1v) is 9.28. The van der Waals surface area contributed by atoms with Crippen LogP contribution in [0.5, 0.6) is 0 Å². The smallest absolute Gasteiger partial charge is 0.225 e. The van der Waals surface area contributed by atoms with E-state index in [4.69, 9.17) is 11.6 Å². The molecule has 0 aliphatic heterocycles. The lowest BCUT2D eigenvalue weighted by atomic mass is 10.2. The van der Waals surface area contributed by atoms with Gasteiger partial charge in [-0.15, -0.1) is 11.3 Å². The van der Waals surface area contributed by atoms with E-state index in [9.17, 15) is 0 Å². The van der Waals surface area contributed by atoms with Gasteiger partial charge in [0, 0.05) is 29.3 Å². The number of anilines is 3. The molecule has 3 aromatic rings. The molecule has 0 unspecified atom stereocenters. The van der Waals surface area contributed by atoms with E-state index in [1.54, 1.807) is 11.3 Å². The zero-order valence-corrected chi connectivity index (χ0v) is 15.9. The molecule has 1 N–H and O–H groups in total. The van der Waals surface area contributed by atoms with Crippen molar-refractivity contribution in [2.45, 2.75) is 27.7 Å². The van der Waals surface area contributed by atoms with Crippen molar-refractivity contribution in [1.82, 2.24) is 9.97 Å². The summed E-state index contributed by atoms with van der Waals surface area (Å²) >= 11 is 7.74. The first-order valence-electron chi connectivity index (χ1n) is 8.08. The summed E-state index contributed by atoms with van der Waals surface area (Å²) in [4.78, 5) is 13.2. The normalized spacial score (nSPS) is 11.0. The second-order valence-corrected chi connectivity index (χ2v) is 7.19. The Kier molecular flexibility index (Phi) is 4.92. The third-order valence-corrected chi connectivity index (χ3v) is 5.53. The number of nitrogens with one attached hydrogen (secondary N) is 1. The lowest BCUT2D eigenvalue weighted by Crippen LogP contribution is -2.21. The maximum atomic E-state index is 6.09. The van der Waals surface area contributed by atoms with Crippen molar-refractivity contribution in [1.29, 1.82) is 0 Å². The molecule has 0 saturated carbocycles. The van der Waals surface area contributed by atoms with Crippen molar-refractivity contribution >= 4 is 50.3 Å². The van der Waals surface area contributed by atoms with E-state index in [1.807, 2.05) is 0 Å². The molecule has 0 amide bonds. The van der Waals surface area contributed by atoms with Gasteiger partial charge >= 0.3 is 0 Å². The van der Waals surface area contributed by atoms with Crippen molar-refractivity contribution in [3.05, 3.63) is 40.0 Å². The summed E-state index contributed by atoms with van der Waals surface area (Å²) < 4.78 is 0. The number of thiophene rings is 1. The van der Waals surface area contributed by atoms with Crippen molar-refractivity contribution in [3.8, 4) is 0 Å². The molecule has 126 valence electrons. The summed E-state index contributed by atoms with van der Waals surface area (Å²) in [5.74, 6) is 0.766. The first kappa shape index (κ1) is 17.0. The van der Waals surface area contributed by atoms with Gasteiger partial charge in [-0.2, -0.15) is 4.98 Å². The number of hydrogen-bond acceptors (Lipinski definition) is 5. The van der Waals surface area contributed by atoms with Gasteiger partial charge in [-0.1, -0.05) is 0 Å². The minimum atomic E-state index is 0.269. The number of fused-ring (bicyclic) bond motifs is 1. The van der Waals surface area contributed by atoms with E-state index in [2.05, 4.69) is 72.1 Å². The van der Waals surface area contributed by atoms with Crippen LogP contribution < -0.4 is 10.2 Å². The van der Waals surface area contributed by atoms with Crippen molar-refractivity contribution < 1.29 is 0 Å². The first-order chi connectivity index (χ1) is 11.5. The van der Waals surface area contributed by atoms with Gasteiger partial charge in [0.1, 0.15) is 10.6 Å². The standard InChI is InChI=1S/C18H21ClN4S/c1-5-23(6-2)14-9-7-13(8-10-14)20-16-15-11(3)12(4)24-17(15)22-18(19)21-16/h7-10H,5-6H2,1-4H3,(H,20,21,22). The van der Waals surface area contributed by atoms with Gasteiger partial charge in [-0.3, -0.25) is 0 Å².